The highest BCUT2D eigenvalue weighted by atomic mass is 35.5. The second-order valence-corrected chi connectivity index (χ2v) is 9.12. The van der Waals surface area contributed by atoms with Crippen LogP contribution in [0.1, 0.15) is 30.4 Å². The zero-order valence-electron chi connectivity index (χ0n) is 19.1. The van der Waals surface area contributed by atoms with Gasteiger partial charge in [0.05, 0.1) is 10.7 Å². The summed E-state index contributed by atoms with van der Waals surface area (Å²) in [7, 11) is 0. The number of nitrogens with one attached hydrogen (secondary N) is 1. The predicted octanol–water partition coefficient (Wildman–Crippen LogP) is 7.81. The lowest BCUT2D eigenvalue weighted by Gasteiger charge is -2.29. The third kappa shape index (κ3) is 4.97. The molecule has 0 atom stereocenters. The van der Waals surface area contributed by atoms with Crippen LogP contribution in [0.3, 0.4) is 0 Å². The first kappa shape index (κ1) is 22.5. The molecular weight excluding hydrogens is 447 g/mol. The van der Waals surface area contributed by atoms with Gasteiger partial charge in [-0.3, -0.25) is 0 Å². The van der Waals surface area contributed by atoms with Crippen LogP contribution in [0, 0.1) is 5.82 Å². The summed E-state index contributed by atoms with van der Waals surface area (Å²) in [6, 6.07) is 25.1. The number of piperidine rings is 1. The fourth-order valence-corrected chi connectivity index (χ4v) is 4.90. The lowest BCUT2D eigenvalue weighted by molar-refractivity contribution is 0.297. The normalized spacial score (nSPS) is 13.8. The highest BCUT2D eigenvalue weighted by molar-refractivity contribution is 6.33. The van der Waals surface area contributed by atoms with Crippen molar-refractivity contribution < 1.29 is 9.13 Å². The van der Waals surface area contributed by atoms with E-state index in [0.717, 1.165) is 51.6 Å². The molecule has 0 saturated carbocycles. The van der Waals surface area contributed by atoms with E-state index in [-0.39, 0.29) is 12.4 Å². The van der Waals surface area contributed by atoms with Crippen LogP contribution in [0.5, 0.6) is 5.75 Å². The van der Waals surface area contributed by atoms with Gasteiger partial charge >= 0.3 is 0 Å². The van der Waals surface area contributed by atoms with Crippen molar-refractivity contribution >= 4 is 33.7 Å². The Morgan fingerprint density at radius 1 is 0.882 bits per heavy atom. The number of hydrogen-bond donors (Lipinski definition) is 1. The molecule has 1 heterocycles. The van der Waals surface area contributed by atoms with Gasteiger partial charge in [0.25, 0.3) is 0 Å². The maximum Gasteiger partial charge on any atom is 0.129 e. The molecule has 5 heteroatoms. The second kappa shape index (κ2) is 10.4. The number of halogens is 2. The molecule has 1 fully saturated rings. The maximum atomic E-state index is 14.1. The van der Waals surface area contributed by atoms with E-state index in [1.165, 1.54) is 25.3 Å². The molecule has 1 saturated heterocycles. The van der Waals surface area contributed by atoms with Crippen molar-refractivity contribution in [2.75, 3.05) is 23.3 Å². The fraction of sp³-hybridized carbons (Fsp3) is 0.241. The van der Waals surface area contributed by atoms with E-state index >= 15 is 0 Å². The van der Waals surface area contributed by atoms with Crippen LogP contribution >= 0.6 is 11.6 Å². The summed E-state index contributed by atoms with van der Waals surface area (Å²) in [5, 5.41) is 6.53. The first-order valence-corrected chi connectivity index (χ1v) is 12.2. The molecule has 0 spiro atoms. The lowest BCUT2D eigenvalue weighted by Crippen LogP contribution is -2.29. The van der Waals surface area contributed by atoms with Crippen molar-refractivity contribution in [3.63, 3.8) is 0 Å². The standard InChI is InChI=1S/C29H28ClFN2O/c30-26-18-23(13-14-28(26)33-16-6-1-7-17-33)32-19-25-24-10-4-2-8-21(24)12-15-29(25)34-20-22-9-3-5-11-27(22)31/h2-5,8-15,18,32H,1,6-7,16-17,19-20H2. The molecule has 1 aliphatic heterocycles. The summed E-state index contributed by atoms with van der Waals surface area (Å²) in [5.74, 6) is 0.483. The van der Waals surface area contributed by atoms with E-state index in [1.54, 1.807) is 12.1 Å². The van der Waals surface area contributed by atoms with Crippen LogP contribution in [0.25, 0.3) is 10.8 Å². The Hall–Kier alpha value is -3.24. The van der Waals surface area contributed by atoms with Gasteiger partial charge in [0, 0.05) is 36.4 Å². The number of benzene rings is 4. The van der Waals surface area contributed by atoms with Gasteiger partial charge in [-0.2, -0.15) is 0 Å². The highest BCUT2D eigenvalue weighted by Crippen LogP contribution is 2.33. The third-order valence-corrected chi connectivity index (χ3v) is 6.76. The number of anilines is 2. The summed E-state index contributed by atoms with van der Waals surface area (Å²) in [4.78, 5) is 2.37. The zero-order valence-corrected chi connectivity index (χ0v) is 19.8. The van der Waals surface area contributed by atoms with Crippen LogP contribution in [0.15, 0.2) is 78.9 Å². The first-order chi connectivity index (χ1) is 16.7. The molecule has 0 unspecified atom stereocenters. The number of ether oxygens (including phenoxy) is 1. The average Bonchev–Trinajstić information content (AvgIpc) is 2.87. The second-order valence-electron chi connectivity index (χ2n) is 8.71. The minimum absolute atomic E-state index is 0.175. The van der Waals surface area contributed by atoms with Crippen LogP contribution < -0.4 is 15.0 Å². The molecule has 0 aromatic heterocycles. The topological polar surface area (TPSA) is 24.5 Å². The van der Waals surface area contributed by atoms with Gasteiger partial charge in [-0.05, 0) is 60.4 Å². The summed E-state index contributed by atoms with van der Waals surface area (Å²) in [5.41, 5.74) is 3.63. The SMILES string of the molecule is Fc1ccccc1COc1ccc2ccccc2c1CNc1ccc(N2CCCCC2)c(Cl)c1. The van der Waals surface area contributed by atoms with Crippen molar-refractivity contribution in [2.24, 2.45) is 0 Å². The van der Waals surface area contributed by atoms with Gasteiger partial charge in [0.15, 0.2) is 0 Å². The van der Waals surface area contributed by atoms with E-state index < -0.39 is 0 Å². The van der Waals surface area contributed by atoms with E-state index in [9.17, 15) is 4.39 Å². The Morgan fingerprint density at radius 2 is 1.68 bits per heavy atom. The molecule has 0 amide bonds. The Morgan fingerprint density at radius 3 is 2.50 bits per heavy atom. The molecule has 1 aliphatic rings. The average molecular weight is 475 g/mol. The molecule has 1 N–H and O–H groups in total. The minimum atomic E-state index is -0.258. The van der Waals surface area contributed by atoms with E-state index in [1.807, 2.05) is 36.4 Å². The number of fused-ring (bicyclic) bond motifs is 1. The van der Waals surface area contributed by atoms with Crippen LogP contribution in [0.2, 0.25) is 5.02 Å². The monoisotopic (exact) mass is 474 g/mol. The molecule has 5 rings (SSSR count). The van der Waals surface area contributed by atoms with E-state index in [2.05, 4.69) is 34.5 Å². The summed E-state index contributed by atoms with van der Waals surface area (Å²) in [6.45, 7) is 2.86. The van der Waals surface area contributed by atoms with E-state index in [0.29, 0.717) is 12.1 Å². The smallest absolute Gasteiger partial charge is 0.129 e. The molecule has 34 heavy (non-hydrogen) atoms. The van der Waals surface area contributed by atoms with Gasteiger partial charge in [0.1, 0.15) is 18.2 Å². The predicted molar refractivity (Wildman–Crippen MR) is 140 cm³/mol. The third-order valence-electron chi connectivity index (χ3n) is 6.45. The molecule has 0 aliphatic carbocycles. The van der Waals surface area contributed by atoms with Crippen molar-refractivity contribution in [2.45, 2.75) is 32.4 Å². The number of nitrogens with zero attached hydrogens (tertiary/aromatic N) is 1. The summed E-state index contributed by atoms with van der Waals surface area (Å²) < 4.78 is 20.2. The largest absolute Gasteiger partial charge is 0.488 e. The zero-order chi connectivity index (χ0) is 23.3. The van der Waals surface area contributed by atoms with Crippen molar-refractivity contribution in [1.82, 2.24) is 0 Å². The molecule has 0 bridgehead atoms. The quantitative estimate of drug-likeness (QED) is 0.295. The summed E-state index contributed by atoms with van der Waals surface area (Å²) >= 11 is 6.66. The summed E-state index contributed by atoms with van der Waals surface area (Å²) in [6.07, 6.45) is 3.72. The van der Waals surface area contributed by atoms with Gasteiger partial charge in [-0.25, -0.2) is 4.39 Å². The Labute approximate surface area is 205 Å². The lowest BCUT2D eigenvalue weighted by atomic mass is 10.0. The van der Waals surface area contributed by atoms with Crippen molar-refractivity contribution in [3.8, 4) is 5.75 Å². The molecule has 174 valence electrons. The van der Waals surface area contributed by atoms with E-state index in [4.69, 9.17) is 16.3 Å². The number of rotatable bonds is 7. The Balaban J connectivity index is 1.37. The Bertz CT molecular complexity index is 1290. The van der Waals surface area contributed by atoms with Crippen LogP contribution in [0.4, 0.5) is 15.8 Å². The van der Waals surface area contributed by atoms with Gasteiger partial charge in [0.2, 0.25) is 0 Å². The van der Waals surface area contributed by atoms with Gasteiger partial charge in [-0.15, -0.1) is 0 Å². The number of hydrogen-bond acceptors (Lipinski definition) is 3. The van der Waals surface area contributed by atoms with Gasteiger partial charge < -0.3 is 15.0 Å². The maximum absolute atomic E-state index is 14.1. The molecule has 4 aromatic carbocycles. The van der Waals surface area contributed by atoms with Gasteiger partial charge in [-0.1, -0.05) is 60.1 Å². The van der Waals surface area contributed by atoms with Crippen molar-refractivity contribution in [3.05, 3.63) is 101 Å². The van der Waals surface area contributed by atoms with Crippen molar-refractivity contribution in [1.29, 1.82) is 0 Å². The molecular formula is C29H28ClFN2O. The molecule has 4 aromatic rings. The molecule has 0 radical (unpaired) electrons. The minimum Gasteiger partial charge on any atom is -0.488 e. The fourth-order valence-electron chi connectivity index (χ4n) is 4.60. The van der Waals surface area contributed by atoms with Crippen LogP contribution in [-0.4, -0.2) is 13.1 Å². The Kier molecular flexibility index (Phi) is 6.87. The highest BCUT2D eigenvalue weighted by Gasteiger charge is 2.15. The van der Waals surface area contributed by atoms with Crippen LogP contribution in [-0.2, 0) is 13.2 Å². The first-order valence-electron chi connectivity index (χ1n) is 11.8. The molecule has 3 nitrogen and oxygen atoms in total.